The molecule has 20 heavy (non-hydrogen) atoms. The zero-order valence-corrected chi connectivity index (χ0v) is 12.5. The van der Waals surface area contributed by atoms with E-state index in [4.69, 9.17) is 0 Å². The molecular weight excluding hydrogens is 244 g/mol. The summed E-state index contributed by atoms with van der Waals surface area (Å²) in [6, 6.07) is 14.2. The normalized spacial score (nSPS) is 11.5. The fourth-order valence-electron chi connectivity index (χ4n) is 2.31. The highest BCUT2D eigenvalue weighted by atomic mass is 16.1. The van der Waals surface area contributed by atoms with E-state index in [0.717, 1.165) is 27.8 Å². The molecule has 0 unspecified atom stereocenters. The smallest absolute Gasteiger partial charge is 0.188 e. The first kappa shape index (κ1) is 14.3. The molecule has 1 heteroatoms. The van der Waals surface area contributed by atoms with Gasteiger partial charge in [-0.3, -0.25) is 4.79 Å². The lowest BCUT2D eigenvalue weighted by molar-refractivity contribution is 0.103. The molecule has 0 amide bonds. The fraction of sp³-hybridized carbons (Fsp3) is 0.211. The summed E-state index contributed by atoms with van der Waals surface area (Å²) in [6.07, 6.45) is 1.94. The molecule has 2 aromatic carbocycles. The minimum Gasteiger partial charge on any atom is -0.289 e. The molecule has 0 aromatic heterocycles. The third-order valence-corrected chi connectivity index (χ3v) is 3.30. The van der Waals surface area contributed by atoms with Crippen molar-refractivity contribution in [1.29, 1.82) is 0 Å². The predicted octanol–water partition coefficient (Wildman–Crippen LogP) is 4.90. The summed E-state index contributed by atoms with van der Waals surface area (Å²) in [4.78, 5) is 12.5. The largest absolute Gasteiger partial charge is 0.289 e. The molecule has 0 aliphatic rings. The first-order chi connectivity index (χ1) is 9.45. The van der Waals surface area contributed by atoms with E-state index in [1.807, 2.05) is 51.1 Å². The molecule has 0 heterocycles. The van der Waals surface area contributed by atoms with E-state index in [9.17, 15) is 4.79 Å². The second-order valence-corrected chi connectivity index (χ2v) is 5.44. The highest BCUT2D eigenvalue weighted by Gasteiger charge is 2.09. The Morgan fingerprint density at radius 2 is 1.40 bits per heavy atom. The summed E-state index contributed by atoms with van der Waals surface area (Å²) < 4.78 is 0. The first-order valence-corrected chi connectivity index (χ1v) is 6.83. The number of ketones is 1. The van der Waals surface area contributed by atoms with Gasteiger partial charge in [0, 0.05) is 5.56 Å². The highest BCUT2D eigenvalue weighted by Crippen LogP contribution is 2.16. The minimum atomic E-state index is 0.0948. The van der Waals surface area contributed by atoms with Gasteiger partial charge in [-0.25, -0.2) is 0 Å². The topological polar surface area (TPSA) is 17.1 Å². The number of hydrogen-bond acceptors (Lipinski definition) is 1. The average molecular weight is 264 g/mol. The monoisotopic (exact) mass is 264 g/mol. The van der Waals surface area contributed by atoms with E-state index in [-0.39, 0.29) is 5.78 Å². The number of hydrogen-bond donors (Lipinski definition) is 0. The van der Waals surface area contributed by atoms with Gasteiger partial charge in [0.2, 0.25) is 0 Å². The lowest BCUT2D eigenvalue weighted by atomic mass is 9.99. The van der Waals surface area contributed by atoms with Crippen LogP contribution in [0.1, 0.15) is 39.5 Å². The Kier molecular flexibility index (Phi) is 4.19. The summed E-state index contributed by atoms with van der Waals surface area (Å²) in [5, 5.41) is 0. The van der Waals surface area contributed by atoms with Crippen molar-refractivity contribution in [2.24, 2.45) is 0 Å². The van der Waals surface area contributed by atoms with Crippen molar-refractivity contribution in [2.45, 2.75) is 27.7 Å². The van der Waals surface area contributed by atoms with E-state index in [1.54, 1.807) is 0 Å². The van der Waals surface area contributed by atoms with Crippen LogP contribution in [-0.2, 0) is 0 Å². The number of Topliss-reactive ketones (excluding diaryl/α,β-unsaturated/α-hetero) is 1. The number of benzene rings is 2. The Labute approximate surface area is 121 Å². The number of carbonyl (C=O) groups is 1. The van der Waals surface area contributed by atoms with Crippen LogP contribution in [0.25, 0.3) is 6.08 Å². The summed E-state index contributed by atoms with van der Waals surface area (Å²) in [6.45, 7) is 7.96. The van der Waals surface area contributed by atoms with Gasteiger partial charge in [-0.2, -0.15) is 0 Å². The van der Waals surface area contributed by atoms with E-state index in [1.165, 1.54) is 5.56 Å². The van der Waals surface area contributed by atoms with Crippen LogP contribution in [0.2, 0.25) is 0 Å². The molecule has 0 radical (unpaired) electrons. The number of aryl methyl sites for hydroxylation is 3. The second kappa shape index (κ2) is 5.87. The molecule has 0 N–H and O–H groups in total. The molecule has 0 fully saturated rings. The van der Waals surface area contributed by atoms with Crippen molar-refractivity contribution in [3.63, 3.8) is 0 Å². The van der Waals surface area contributed by atoms with Crippen molar-refractivity contribution in [3.05, 3.63) is 75.9 Å². The van der Waals surface area contributed by atoms with Crippen LogP contribution in [0.4, 0.5) is 0 Å². The molecule has 0 bridgehead atoms. The summed E-state index contributed by atoms with van der Waals surface area (Å²) in [5.41, 5.74) is 6.06. The Morgan fingerprint density at radius 3 is 1.95 bits per heavy atom. The van der Waals surface area contributed by atoms with Crippen LogP contribution >= 0.6 is 0 Å². The van der Waals surface area contributed by atoms with Gasteiger partial charge in [-0.1, -0.05) is 47.0 Å². The van der Waals surface area contributed by atoms with Crippen molar-refractivity contribution < 1.29 is 4.79 Å². The van der Waals surface area contributed by atoms with Crippen LogP contribution in [0.3, 0.4) is 0 Å². The fourth-order valence-corrected chi connectivity index (χ4v) is 2.31. The number of allylic oxidation sites excluding steroid dienone is 1. The van der Waals surface area contributed by atoms with E-state index < -0.39 is 0 Å². The molecule has 0 saturated carbocycles. The maximum absolute atomic E-state index is 12.5. The van der Waals surface area contributed by atoms with Gasteiger partial charge in [0.25, 0.3) is 0 Å². The lowest BCUT2D eigenvalue weighted by Gasteiger charge is -2.05. The van der Waals surface area contributed by atoms with Crippen LogP contribution < -0.4 is 0 Å². The summed E-state index contributed by atoms with van der Waals surface area (Å²) >= 11 is 0. The van der Waals surface area contributed by atoms with E-state index >= 15 is 0 Å². The molecule has 0 atom stereocenters. The van der Waals surface area contributed by atoms with Crippen molar-refractivity contribution in [2.75, 3.05) is 0 Å². The van der Waals surface area contributed by atoms with Crippen molar-refractivity contribution >= 4 is 11.9 Å². The zero-order valence-electron chi connectivity index (χ0n) is 12.5. The van der Waals surface area contributed by atoms with E-state index in [2.05, 4.69) is 25.1 Å². The van der Waals surface area contributed by atoms with Gasteiger partial charge in [0.1, 0.15) is 0 Å². The molecule has 0 aliphatic carbocycles. The minimum absolute atomic E-state index is 0.0948. The van der Waals surface area contributed by atoms with Gasteiger partial charge < -0.3 is 0 Å². The molecular formula is C19H20O. The lowest BCUT2D eigenvalue weighted by Crippen LogP contribution is -2.01. The Balaban J connectivity index is 2.30. The van der Waals surface area contributed by atoms with Gasteiger partial charge in [0.05, 0.1) is 0 Å². The van der Waals surface area contributed by atoms with Crippen LogP contribution in [0.15, 0.2) is 48.0 Å². The molecule has 0 aliphatic heterocycles. The molecule has 102 valence electrons. The molecule has 1 nitrogen and oxygen atoms in total. The number of carbonyl (C=O) groups excluding carboxylic acids is 1. The van der Waals surface area contributed by atoms with Gasteiger partial charge in [-0.05, 0) is 57.0 Å². The Bertz CT molecular complexity index is 640. The zero-order chi connectivity index (χ0) is 14.7. The van der Waals surface area contributed by atoms with Crippen LogP contribution in [0.5, 0.6) is 0 Å². The SMILES string of the molecule is C/C(=C\c1ccc(C)cc1)C(=O)c1cc(C)cc(C)c1. The van der Waals surface area contributed by atoms with Crippen LogP contribution in [0, 0.1) is 20.8 Å². The second-order valence-electron chi connectivity index (χ2n) is 5.44. The quantitative estimate of drug-likeness (QED) is 0.569. The maximum Gasteiger partial charge on any atom is 0.188 e. The Morgan fingerprint density at radius 1 is 0.850 bits per heavy atom. The third kappa shape index (κ3) is 3.45. The highest BCUT2D eigenvalue weighted by molar-refractivity contribution is 6.11. The van der Waals surface area contributed by atoms with Crippen LogP contribution in [-0.4, -0.2) is 5.78 Å². The van der Waals surface area contributed by atoms with Gasteiger partial charge in [0.15, 0.2) is 5.78 Å². The average Bonchev–Trinajstić information content (AvgIpc) is 2.39. The predicted molar refractivity (Wildman–Crippen MR) is 85.1 cm³/mol. The standard InChI is InChI=1S/C19H20O/c1-13-5-7-17(8-6-13)12-16(4)19(20)18-10-14(2)9-15(3)11-18/h5-12H,1-4H3/b16-12+. The maximum atomic E-state index is 12.5. The van der Waals surface area contributed by atoms with E-state index in [0.29, 0.717) is 0 Å². The third-order valence-electron chi connectivity index (χ3n) is 3.30. The molecule has 2 aromatic rings. The summed E-state index contributed by atoms with van der Waals surface area (Å²) in [7, 11) is 0. The summed E-state index contributed by atoms with van der Waals surface area (Å²) in [5.74, 6) is 0.0948. The Hall–Kier alpha value is -2.15. The first-order valence-electron chi connectivity index (χ1n) is 6.83. The van der Waals surface area contributed by atoms with Gasteiger partial charge >= 0.3 is 0 Å². The molecule has 2 rings (SSSR count). The van der Waals surface area contributed by atoms with Crippen molar-refractivity contribution in [1.82, 2.24) is 0 Å². The van der Waals surface area contributed by atoms with Crippen molar-refractivity contribution in [3.8, 4) is 0 Å². The van der Waals surface area contributed by atoms with Gasteiger partial charge in [-0.15, -0.1) is 0 Å². The molecule has 0 spiro atoms. The molecule has 0 saturated heterocycles. The number of rotatable bonds is 3.